The van der Waals surface area contributed by atoms with E-state index in [4.69, 9.17) is 0 Å². The monoisotopic (exact) mass is 350 g/mol. The van der Waals surface area contributed by atoms with Gasteiger partial charge >= 0.3 is 0 Å². The van der Waals surface area contributed by atoms with Gasteiger partial charge in [-0.15, -0.1) is 0 Å². The van der Waals surface area contributed by atoms with E-state index in [2.05, 4.69) is 66.7 Å². The molecule has 0 N–H and O–H groups in total. The van der Waals surface area contributed by atoms with Crippen molar-refractivity contribution in [3.63, 3.8) is 0 Å². The first kappa shape index (κ1) is 26.7. The predicted octanol–water partition coefficient (Wildman–Crippen LogP) is 9.08. The first-order valence-electron chi connectivity index (χ1n) is 10.1. The molecule has 0 aromatic carbocycles. The van der Waals surface area contributed by atoms with Gasteiger partial charge in [-0.25, -0.2) is 0 Å². The van der Waals surface area contributed by atoms with E-state index in [0.717, 1.165) is 30.1 Å². The van der Waals surface area contributed by atoms with Gasteiger partial charge in [0, 0.05) is 0 Å². The average Bonchev–Trinajstić information content (AvgIpc) is 2.55. The quantitative estimate of drug-likeness (QED) is 0.317. The molecule has 0 aliphatic heterocycles. The molecule has 150 valence electrons. The van der Waals surface area contributed by atoms with Crippen LogP contribution in [0.2, 0.25) is 0 Å². The Bertz CT molecular complexity index is 385. The zero-order valence-electron chi connectivity index (χ0n) is 17.0. The van der Waals surface area contributed by atoms with Crippen LogP contribution in [0, 0.1) is 29.1 Å². The lowest BCUT2D eigenvalue weighted by molar-refractivity contribution is 0.111. The van der Waals surface area contributed by atoms with Crippen LogP contribution in [0.5, 0.6) is 0 Å². The maximum atomic E-state index is 2.52. The lowest BCUT2D eigenvalue weighted by Gasteiger charge is -2.38. The van der Waals surface area contributed by atoms with Gasteiger partial charge in [-0.05, 0) is 61.7 Å². The summed E-state index contributed by atoms with van der Waals surface area (Å²) in [5.74, 6) is 3.49. The van der Waals surface area contributed by atoms with Crippen molar-refractivity contribution in [2.75, 3.05) is 0 Å². The first-order chi connectivity index (χ1) is 10.8. The van der Waals surface area contributed by atoms with Gasteiger partial charge in [-0.1, -0.05) is 99.5 Å². The Balaban J connectivity index is 0. The zero-order chi connectivity index (χ0) is 17.5. The molecule has 1 rings (SSSR count). The summed E-state index contributed by atoms with van der Waals surface area (Å²) in [6, 6.07) is 0. The highest BCUT2D eigenvalue weighted by atomic mass is 14.4. The van der Waals surface area contributed by atoms with Gasteiger partial charge in [0.1, 0.15) is 0 Å². The summed E-state index contributed by atoms with van der Waals surface area (Å²) in [6.07, 6.45) is 16.4. The molecule has 0 radical (unpaired) electrons. The van der Waals surface area contributed by atoms with Crippen molar-refractivity contribution in [3.05, 3.63) is 23.8 Å². The largest absolute Gasteiger partial charge is 0.0840 e. The summed E-state index contributed by atoms with van der Waals surface area (Å²) < 4.78 is 0. The Hall–Kier alpha value is -0.520. The fourth-order valence-corrected chi connectivity index (χ4v) is 4.55. The maximum Gasteiger partial charge on any atom is -0.0322 e. The second kappa shape index (κ2) is 12.8. The van der Waals surface area contributed by atoms with E-state index in [1.54, 1.807) is 0 Å². The van der Waals surface area contributed by atoms with E-state index in [1.807, 2.05) is 0 Å². The van der Waals surface area contributed by atoms with Crippen LogP contribution in [0.25, 0.3) is 0 Å². The van der Waals surface area contributed by atoms with Gasteiger partial charge < -0.3 is 0 Å². The van der Waals surface area contributed by atoms with Crippen molar-refractivity contribution in [3.8, 4) is 0 Å². The van der Waals surface area contributed by atoms with Gasteiger partial charge in [-0.3, -0.25) is 0 Å². The zero-order valence-corrected chi connectivity index (χ0v) is 17.0. The molecule has 4 unspecified atom stereocenters. The Kier molecular flexibility index (Phi) is 13.6. The van der Waals surface area contributed by atoms with Crippen molar-refractivity contribution in [1.29, 1.82) is 0 Å². The smallest absolute Gasteiger partial charge is 0.0322 e. The predicted molar refractivity (Wildman–Crippen MR) is 119 cm³/mol. The lowest BCUT2D eigenvalue weighted by atomic mass is 9.67. The summed E-state index contributed by atoms with van der Waals surface area (Å²) in [7, 11) is 0. The van der Waals surface area contributed by atoms with Crippen LogP contribution < -0.4 is 0 Å². The first-order valence-corrected chi connectivity index (χ1v) is 10.1. The van der Waals surface area contributed by atoms with E-state index < -0.39 is 0 Å². The summed E-state index contributed by atoms with van der Waals surface area (Å²) in [6.45, 7) is 16.9. The number of rotatable bonds is 7. The summed E-state index contributed by atoms with van der Waals surface area (Å²) >= 11 is 0. The fourth-order valence-electron chi connectivity index (χ4n) is 4.55. The molecule has 0 amide bonds. The van der Waals surface area contributed by atoms with Gasteiger partial charge in [0.15, 0.2) is 0 Å². The molecule has 0 nitrogen and oxygen atoms in total. The van der Waals surface area contributed by atoms with Crippen molar-refractivity contribution in [2.24, 2.45) is 29.1 Å². The molecule has 1 saturated carbocycles. The summed E-state index contributed by atoms with van der Waals surface area (Å²) in [4.78, 5) is 0. The standard InChI is InChI=1S/C23H42.2CH4/c1-8-11-18(2)12-9-13-19(3)15-16-22-21(5)20(4)14-10-17-23(22,6)7;;/h9,11-12,19-22H,8,10,13-17H2,1-7H3;2*1H4/b12-9-,18-11-;;. The highest BCUT2D eigenvalue weighted by molar-refractivity contribution is 5.15. The third-order valence-corrected chi connectivity index (χ3v) is 6.43. The van der Waals surface area contributed by atoms with Crippen molar-refractivity contribution < 1.29 is 0 Å². The Morgan fingerprint density at radius 3 is 2.44 bits per heavy atom. The van der Waals surface area contributed by atoms with E-state index in [9.17, 15) is 0 Å². The van der Waals surface area contributed by atoms with Gasteiger partial charge in [0.05, 0.1) is 0 Å². The van der Waals surface area contributed by atoms with Crippen LogP contribution in [-0.2, 0) is 0 Å². The van der Waals surface area contributed by atoms with Crippen LogP contribution in [0.15, 0.2) is 23.8 Å². The van der Waals surface area contributed by atoms with Gasteiger partial charge in [-0.2, -0.15) is 0 Å². The van der Waals surface area contributed by atoms with E-state index in [1.165, 1.54) is 44.1 Å². The molecule has 0 heterocycles. The van der Waals surface area contributed by atoms with Gasteiger partial charge in [0.2, 0.25) is 0 Å². The van der Waals surface area contributed by atoms with Gasteiger partial charge in [0.25, 0.3) is 0 Å². The van der Waals surface area contributed by atoms with Crippen LogP contribution >= 0.6 is 0 Å². The van der Waals surface area contributed by atoms with Crippen LogP contribution in [-0.4, -0.2) is 0 Å². The second-order valence-electron chi connectivity index (χ2n) is 9.00. The minimum atomic E-state index is 0. The molecular weight excluding hydrogens is 300 g/mol. The fraction of sp³-hybridized carbons (Fsp3) is 0.840. The maximum absolute atomic E-state index is 2.52. The minimum Gasteiger partial charge on any atom is -0.0840 e. The summed E-state index contributed by atoms with van der Waals surface area (Å²) in [5.41, 5.74) is 1.94. The number of hydrogen-bond donors (Lipinski definition) is 0. The van der Waals surface area contributed by atoms with E-state index in [0.29, 0.717) is 5.41 Å². The molecule has 0 spiro atoms. The molecule has 1 aliphatic rings. The average molecular weight is 351 g/mol. The van der Waals surface area contributed by atoms with Crippen LogP contribution in [0.4, 0.5) is 0 Å². The molecule has 1 aliphatic carbocycles. The van der Waals surface area contributed by atoms with Crippen LogP contribution in [0.3, 0.4) is 0 Å². The third-order valence-electron chi connectivity index (χ3n) is 6.43. The van der Waals surface area contributed by atoms with Crippen LogP contribution in [0.1, 0.15) is 108 Å². The molecule has 1 fully saturated rings. The number of allylic oxidation sites excluding steroid dienone is 4. The van der Waals surface area contributed by atoms with Crippen molar-refractivity contribution in [1.82, 2.24) is 0 Å². The normalized spacial score (nSPS) is 28.0. The van der Waals surface area contributed by atoms with E-state index >= 15 is 0 Å². The lowest BCUT2D eigenvalue weighted by Crippen LogP contribution is -2.30. The minimum absolute atomic E-state index is 0. The molecule has 0 bridgehead atoms. The highest BCUT2D eigenvalue weighted by Crippen LogP contribution is 2.47. The van der Waals surface area contributed by atoms with E-state index in [-0.39, 0.29) is 14.9 Å². The molecule has 25 heavy (non-hydrogen) atoms. The van der Waals surface area contributed by atoms with Crippen molar-refractivity contribution in [2.45, 2.75) is 108 Å². The third kappa shape index (κ3) is 9.11. The SMILES string of the molecule is C.C.CC/C=C(C)\C=C/CC(C)CCC1C(C)C(C)CCCC1(C)C. The Morgan fingerprint density at radius 2 is 1.84 bits per heavy atom. The molecular formula is C25H50. The molecule has 0 saturated heterocycles. The number of hydrogen-bond acceptors (Lipinski definition) is 0. The molecule has 0 heteroatoms. The molecule has 4 atom stereocenters. The summed E-state index contributed by atoms with van der Waals surface area (Å²) in [5, 5.41) is 0. The molecule has 0 aromatic heterocycles. The molecule has 0 aromatic rings. The Morgan fingerprint density at radius 1 is 1.20 bits per heavy atom. The Labute approximate surface area is 161 Å². The second-order valence-corrected chi connectivity index (χ2v) is 9.00. The van der Waals surface area contributed by atoms with Crippen molar-refractivity contribution >= 4 is 0 Å². The topological polar surface area (TPSA) is 0 Å². The highest BCUT2D eigenvalue weighted by Gasteiger charge is 2.37.